The lowest BCUT2D eigenvalue weighted by Gasteiger charge is -2.16. The number of imidazole rings is 1. The molecule has 2 aliphatic carbocycles. The fraction of sp³-hybridized carbons (Fsp3) is 0.500. The first-order chi connectivity index (χ1) is 9.72. The van der Waals surface area contributed by atoms with E-state index in [1.54, 1.807) is 18.2 Å². The van der Waals surface area contributed by atoms with Crippen LogP contribution in [0.5, 0.6) is 0 Å². The van der Waals surface area contributed by atoms with Gasteiger partial charge in [0.2, 0.25) is 0 Å². The minimum absolute atomic E-state index is 0.341. The van der Waals surface area contributed by atoms with E-state index in [1.807, 2.05) is 6.33 Å². The minimum Gasteiger partial charge on any atom is -0.478 e. The van der Waals surface area contributed by atoms with Crippen molar-refractivity contribution in [3.05, 3.63) is 30.1 Å². The molecule has 2 fully saturated rings. The van der Waals surface area contributed by atoms with Crippen LogP contribution in [0.2, 0.25) is 0 Å². The van der Waals surface area contributed by atoms with Gasteiger partial charge in [0, 0.05) is 6.54 Å². The minimum atomic E-state index is -0.874. The lowest BCUT2D eigenvalue weighted by atomic mass is 9.98. The number of benzene rings is 1. The Hall–Kier alpha value is -1.84. The smallest absolute Gasteiger partial charge is 0.335 e. The van der Waals surface area contributed by atoms with Crippen LogP contribution in [-0.4, -0.2) is 20.6 Å². The van der Waals surface area contributed by atoms with Gasteiger partial charge in [-0.15, -0.1) is 0 Å². The van der Waals surface area contributed by atoms with Crippen LogP contribution < -0.4 is 0 Å². The van der Waals surface area contributed by atoms with Crippen molar-refractivity contribution in [1.82, 2.24) is 9.55 Å². The summed E-state index contributed by atoms with van der Waals surface area (Å²) in [5.41, 5.74) is 2.19. The maximum Gasteiger partial charge on any atom is 0.335 e. The molecule has 0 bridgehead atoms. The van der Waals surface area contributed by atoms with Crippen LogP contribution in [0.25, 0.3) is 11.0 Å². The van der Waals surface area contributed by atoms with E-state index in [0.29, 0.717) is 5.56 Å². The Bertz CT molecular complexity index is 656. The van der Waals surface area contributed by atoms with Gasteiger partial charge in [0.1, 0.15) is 0 Å². The molecule has 2 saturated carbocycles. The number of carboxylic acid groups (broad SMARTS) is 1. The Kier molecular flexibility index (Phi) is 2.59. The molecule has 104 valence electrons. The summed E-state index contributed by atoms with van der Waals surface area (Å²) in [6.45, 7) is 0.995. The van der Waals surface area contributed by atoms with Crippen LogP contribution in [0.15, 0.2) is 24.5 Å². The quantitative estimate of drug-likeness (QED) is 0.908. The Balaban J connectivity index is 1.67. The summed E-state index contributed by atoms with van der Waals surface area (Å²) in [4.78, 5) is 15.5. The zero-order valence-corrected chi connectivity index (χ0v) is 11.3. The first-order valence-electron chi connectivity index (χ1n) is 7.40. The summed E-state index contributed by atoms with van der Waals surface area (Å²) in [7, 11) is 0. The lowest BCUT2D eigenvalue weighted by Crippen LogP contribution is -2.14. The summed E-state index contributed by atoms with van der Waals surface area (Å²) in [5, 5.41) is 9.12. The molecule has 0 unspecified atom stereocenters. The molecule has 2 aliphatic rings. The van der Waals surface area contributed by atoms with Crippen LogP contribution in [0.3, 0.4) is 0 Å². The third kappa shape index (κ3) is 2.09. The van der Waals surface area contributed by atoms with Gasteiger partial charge in [-0.3, -0.25) is 0 Å². The maximum absolute atomic E-state index is 11.1. The second-order valence-corrected chi connectivity index (χ2v) is 6.24. The predicted molar refractivity (Wildman–Crippen MR) is 75.6 cm³/mol. The molecular weight excluding hydrogens is 252 g/mol. The zero-order valence-electron chi connectivity index (χ0n) is 11.3. The van der Waals surface area contributed by atoms with E-state index in [-0.39, 0.29) is 0 Å². The second kappa shape index (κ2) is 4.33. The number of hydrogen-bond acceptors (Lipinski definition) is 2. The molecule has 0 atom stereocenters. The van der Waals surface area contributed by atoms with Gasteiger partial charge in [-0.25, -0.2) is 9.78 Å². The van der Waals surface area contributed by atoms with Crippen molar-refractivity contribution in [2.24, 2.45) is 17.8 Å². The van der Waals surface area contributed by atoms with Crippen molar-refractivity contribution in [1.29, 1.82) is 0 Å². The van der Waals surface area contributed by atoms with Gasteiger partial charge in [0.25, 0.3) is 0 Å². The highest BCUT2D eigenvalue weighted by atomic mass is 16.4. The average Bonchev–Trinajstić information content (AvgIpc) is 3.34. The van der Waals surface area contributed by atoms with E-state index in [2.05, 4.69) is 9.55 Å². The molecular formula is C16H18N2O2. The Morgan fingerprint density at radius 1 is 1.30 bits per heavy atom. The van der Waals surface area contributed by atoms with E-state index in [0.717, 1.165) is 35.3 Å². The molecule has 1 aromatic heterocycles. The van der Waals surface area contributed by atoms with Crippen molar-refractivity contribution in [3.8, 4) is 0 Å². The highest BCUT2D eigenvalue weighted by molar-refractivity contribution is 5.92. The zero-order chi connectivity index (χ0) is 13.7. The summed E-state index contributed by atoms with van der Waals surface area (Å²) >= 11 is 0. The highest BCUT2D eigenvalue weighted by Crippen LogP contribution is 2.50. The summed E-state index contributed by atoms with van der Waals surface area (Å²) in [6.07, 6.45) is 7.35. The molecule has 0 aliphatic heterocycles. The molecule has 0 saturated heterocycles. The van der Waals surface area contributed by atoms with Crippen LogP contribution in [0, 0.1) is 17.8 Å². The van der Waals surface area contributed by atoms with E-state index >= 15 is 0 Å². The van der Waals surface area contributed by atoms with Crippen LogP contribution in [0.4, 0.5) is 0 Å². The SMILES string of the molecule is O=C(O)c1ccc2ncn(CC(C3CC3)C3CC3)c2c1. The van der Waals surface area contributed by atoms with Crippen molar-refractivity contribution in [3.63, 3.8) is 0 Å². The molecule has 1 heterocycles. The average molecular weight is 270 g/mol. The fourth-order valence-corrected chi connectivity index (χ4v) is 3.29. The van der Waals surface area contributed by atoms with Gasteiger partial charge in [0.15, 0.2) is 0 Å². The van der Waals surface area contributed by atoms with E-state index < -0.39 is 5.97 Å². The maximum atomic E-state index is 11.1. The highest BCUT2D eigenvalue weighted by Gasteiger charge is 2.41. The molecule has 2 aromatic rings. The van der Waals surface area contributed by atoms with Gasteiger partial charge in [0.05, 0.1) is 22.9 Å². The summed E-state index contributed by atoms with van der Waals surface area (Å²) in [6, 6.07) is 5.18. The fourth-order valence-electron chi connectivity index (χ4n) is 3.29. The second-order valence-electron chi connectivity index (χ2n) is 6.24. The molecule has 4 nitrogen and oxygen atoms in total. The monoisotopic (exact) mass is 270 g/mol. The number of nitrogens with zero attached hydrogens (tertiary/aromatic N) is 2. The van der Waals surface area contributed by atoms with Crippen LogP contribution in [0.1, 0.15) is 36.0 Å². The molecule has 1 aromatic carbocycles. The van der Waals surface area contributed by atoms with Crippen molar-refractivity contribution in [2.75, 3.05) is 0 Å². The first-order valence-corrected chi connectivity index (χ1v) is 7.40. The molecule has 0 radical (unpaired) electrons. The number of aromatic carboxylic acids is 1. The van der Waals surface area contributed by atoms with E-state index in [4.69, 9.17) is 5.11 Å². The largest absolute Gasteiger partial charge is 0.478 e. The molecule has 0 spiro atoms. The lowest BCUT2D eigenvalue weighted by molar-refractivity contribution is 0.0697. The standard InChI is InChI=1S/C16H18N2O2/c19-16(20)12-5-6-14-15(7-12)18(9-17-14)8-13(10-1-2-10)11-3-4-11/h5-7,9-11,13H,1-4,8H2,(H,19,20). The predicted octanol–water partition coefficient (Wildman–Crippen LogP) is 3.17. The molecule has 1 N–H and O–H groups in total. The Morgan fingerprint density at radius 3 is 2.60 bits per heavy atom. The van der Waals surface area contributed by atoms with Gasteiger partial charge < -0.3 is 9.67 Å². The number of fused-ring (bicyclic) bond motifs is 1. The summed E-state index contributed by atoms with van der Waals surface area (Å²) in [5.74, 6) is 1.67. The van der Waals surface area contributed by atoms with Gasteiger partial charge in [-0.1, -0.05) is 0 Å². The van der Waals surface area contributed by atoms with E-state index in [1.165, 1.54) is 25.7 Å². The van der Waals surface area contributed by atoms with Crippen molar-refractivity contribution < 1.29 is 9.90 Å². The summed E-state index contributed by atoms with van der Waals surface area (Å²) < 4.78 is 2.16. The number of aromatic nitrogens is 2. The molecule has 4 rings (SSSR count). The molecule has 0 amide bonds. The van der Waals surface area contributed by atoms with Gasteiger partial charge in [-0.05, 0) is 61.6 Å². The third-order valence-corrected chi connectivity index (χ3v) is 4.73. The topological polar surface area (TPSA) is 55.1 Å². The first kappa shape index (κ1) is 11.9. The van der Waals surface area contributed by atoms with E-state index in [9.17, 15) is 4.79 Å². The Morgan fingerprint density at radius 2 is 2.00 bits per heavy atom. The Labute approximate surface area is 117 Å². The van der Waals surface area contributed by atoms with Crippen LogP contribution in [-0.2, 0) is 6.54 Å². The number of carbonyl (C=O) groups is 1. The van der Waals surface area contributed by atoms with Crippen molar-refractivity contribution >= 4 is 17.0 Å². The number of rotatable bonds is 5. The molecule has 20 heavy (non-hydrogen) atoms. The van der Waals surface area contributed by atoms with Crippen LogP contribution >= 0.6 is 0 Å². The van der Waals surface area contributed by atoms with Crippen molar-refractivity contribution in [2.45, 2.75) is 32.2 Å². The third-order valence-electron chi connectivity index (χ3n) is 4.73. The number of carboxylic acids is 1. The normalized spacial score (nSPS) is 18.9. The van der Waals surface area contributed by atoms with Gasteiger partial charge >= 0.3 is 5.97 Å². The van der Waals surface area contributed by atoms with Gasteiger partial charge in [-0.2, -0.15) is 0 Å². The number of hydrogen-bond donors (Lipinski definition) is 1. The molecule has 4 heteroatoms.